The number of amides is 2. The van der Waals surface area contributed by atoms with Crippen molar-refractivity contribution >= 4 is 27.5 Å². The number of para-hydroxylation sites is 1. The predicted molar refractivity (Wildman–Crippen MR) is 115 cm³/mol. The predicted octanol–water partition coefficient (Wildman–Crippen LogP) is 2.78. The van der Waals surface area contributed by atoms with Crippen molar-refractivity contribution in [2.75, 3.05) is 25.0 Å². The maximum atomic E-state index is 13.2. The Kier molecular flexibility index (Phi) is 7.19. The van der Waals surface area contributed by atoms with Crippen molar-refractivity contribution in [3.8, 4) is 0 Å². The highest BCUT2D eigenvalue weighted by Gasteiger charge is 2.33. The second-order valence-electron chi connectivity index (χ2n) is 7.19. The highest BCUT2D eigenvalue weighted by molar-refractivity contribution is 7.89. The van der Waals surface area contributed by atoms with Crippen LogP contribution < -0.4 is 10.6 Å². The van der Waals surface area contributed by atoms with Gasteiger partial charge in [0.2, 0.25) is 15.9 Å². The summed E-state index contributed by atoms with van der Waals surface area (Å²) in [4.78, 5) is 25.2. The molecule has 0 spiro atoms. The van der Waals surface area contributed by atoms with Gasteiger partial charge in [0, 0.05) is 19.6 Å². The maximum Gasteiger partial charge on any atom is 0.253 e. The van der Waals surface area contributed by atoms with Gasteiger partial charge in [0.15, 0.2) is 0 Å². The highest BCUT2D eigenvalue weighted by atomic mass is 32.2. The first-order valence-corrected chi connectivity index (χ1v) is 11.3. The average molecular weight is 446 g/mol. The zero-order chi connectivity index (χ0) is 22.4. The fraction of sp³-hybridized carbons (Fsp3) is 0.273. The molecule has 1 saturated heterocycles. The van der Waals surface area contributed by atoms with Crippen molar-refractivity contribution in [1.29, 1.82) is 0 Å². The Morgan fingerprint density at radius 2 is 1.87 bits per heavy atom. The van der Waals surface area contributed by atoms with Crippen LogP contribution in [0, 0.1) is 11.7 Å². The van der Waals surface area contributed by atoms with Gasteiger partial charge < -0.3 is 10.6 Å². The Bertz CT molecular complexity index is 1070. The van der Waals surface area contributed by atoms with E-state index < -0.39 is 21.8 Å². The lowest BCUT2D eigenvalue weighted by atomic mass is 9.98. The first kappa shape index (κ1) is 22.6. The van der Waals surface area contributed by atoms with Crippen molar-refractivity contribution in [1.82, 2.24) is 9.62 Å². The fourth-order valence-corrected chi connectivity index (χ4v) is 4.94. The van der Waals surface area contributed by atoms with Crippen LogP contribution >= 0.6 is 0 Å². The average Bonchev–Trinajstić information content (AvgIpc) is 2.78. The maximum absolute atomic E-state index is 13.2. The molecule has 3 rings (SSSR count). The number of nitrogens with one attached hydrogen (secondary N) is 2. The first-order chi connectivity index (χ1) is 14.8. The van der Waals surface area contributed by atoms with Crippen LogP contribution in [0.3, 0.4) is 0 Å². The number of hydrogen-bond acceptors (Lipinski definition) is 4. The molecule has 9 heteroatoms. The standard InChI is InChI=1S/C22H24FN3O4S/c1-2-13-24-22(28)19-7-3-4-8-20(19)25-21(27)16-6-5-14-26(15-16)31(29,30)18-11-9-17(23)10-12-18/h2-4,7-12,16H,1,5-6,13-15H2,(H,24,28)(H,25,27)/t16-/m0/s1. The number of carbonyl (C=O) groups excluding carboxylic acids is 2. The van der Waals surface area contributed by atoms with Crippen LogP contribution in [-0.2, 0) is 14.8 Å². The molecule has 1 heterocycles. The molecule has 1 aliphatic heterocycles. The second-order valence-corrected chi connectivity index (χ2v) is 9.13. The van der Waals surface area contributed by atoms with E-state index in [4.69, 9.17) is 0 Å². The van der Waals surface area contributed by atoms with Gasteiger partial charge >= 0.3 is 0 Å². The third-order valence-electron chi connectivity index (χ3n) is 5.04. The molecule has 2 N–H and O–H groups in total. The number of carbonyl (C=O) groups is 2. The number of rotatable bonds is 7. The third kappa shape index (κ3) is 5.36. The summed E-state index contributed by atoms with van der Waals surface area (Å²) in [5, 5.41) is 5.43. The zero-order valence-corrected chi connectivity index (χ0v) is 17.7. The van der Waals surface area contributed by atoms with Crippen molar-refractivity contribution in [3.63, 3.8) is 0 Å². The minimum atomic E-state index is -3.84. The molecule has 164 valence electrons. The molecular weight excluding hydrogens is 421 g/mol. The normalized spacial score (nSPS) is 17.0. The van der Waals surface area contributed by atoms with Crippen molar-refractivity contribution in [3.05, 3.63) is 72.6 Å². The smallest absolute Gasteiger partial charge is 0.253 e. The molecular formula is C22H24FN3O4S. The van der Waals surface area contributed by atoms with Crippen molar-refractivity contribution in [2.24, 2.45) is 5.92 Å². The van der Waals surface area contributed by atoms with Crippen LogP contribution in [0.25, 0.3) is 0 Å². The topological polar surface area (TPSA) is 95.6 Å². The molecule has 1 fully saturated rings. The summed E-state index contributed by atoms with van der Waals surface area (Å²) in [6.45, 7) is 4.14. The molecule has 1 aliphatic rings. The Morgan fingerprint density at radius 3 is 2.58 bits per heavy atom. The van der Waals surface area contributed by atoms with Gasteiger partial charge in [-0.1, -0.05) is 18.2 Å². The number of piperidine rings is 1. The van der Waals surface area contributed by atoms with Gasteiger partial charge in [0.25, 0.3) is 5.91 Å². The molecule has 1 atom stereocenters. The lowest BCUT2D eigenvalue weighted by molar-refractivity contribution is -0.120. The molecule has 0 aromatic heterocycles. The van der Waals surface area contributed by atoms with Crippen LogP contribution in [-0.4, -0.2) is 44.2 Å². The van der Waals surface area contributed by atoms with Gasteiger partial charge in [0.05, 0.1) is 22.1 Å². The van der Waals surface area contributed by atoms with Gasteiger partial charge in [-0.2, -0.15) is 4.31 Å². The SMILES string of the molecule is C=CCNC(=O)c1ccccc1NC(=O)[C@H]1CCCN(S(=O)(=O)c2ccc(F)cc2)C1. The van der Waals surface area contributed by atoms with E-state index in [2.05, 4.69) is 17.2 Å². The van der Waals surface area contributed by atoms with Crippen molar-refractivity contribution in [2.45, 2.75) is 17.7 Å². The van der Waals surface area contributed by atoms with Gasteiger partial charge in [-0.25, -0.2) is 12.8 Å². The quantitative estimate of drug-likeness (QED) is 0.641. The zero-order valence-electron chi connectivity index (χ0n) is 16.9. The third-order valence-corrected chi connectivity index (χ3v) is 6.92. The lowest BCUT2D eigenvalue weighted by Gasteiger charge is -2.31. The number of sulfonamides is 1. The van der Waals surface area contributed by atoms with E-state index in [0.717, 1.165) is 12.1 Å². The Balaban J connectivity index is 1.73. The van der Waals surface area contributed by atoms with E-state index in [9.17, 15) is 22.4 Å². The summed E-state index contributed by atoms with van der Waals surface area (Å²) in [7, 11) is -3.84. The highest BCUT2D eigenvalue weighted by Crippen LogP contribution is 2.25. The molecule has 0 aliphatic carbocycles. The molecule has 2 aromatic carbocycles. The van der Waals surface area contributed by atoms with Crippen LogP contribution in [0.15, 0.2) is 66.1 Å². The summed E-state index contributed by atoms with van der Waals surface area (Å²) in [5.74, 6) is -1.80. The second kappa shape index (κ2) is 9.84. The largest absolute Gasteiger partial charge is 0.349 e. The number of nitrogens with zero attached hydrogens (tertiary/aromatic N) is 1. The van der Waals surface area contributed by atoms with Gasteiger partial charge in [-0.05, 0) is 49.2 Å². The number of anilines is 1. The van der Waals surface area contributed by atoms with Crippen LogP contribution in [0.4, 0.5) is 10.1 Å². The number of halogens is 1. The summed E-state index contributed by atoms with van der Waals surface area (Å²) in [5.41, 5.74) is 0.664. The van der Waals surface area contributed by atoms with Crippen molar-refractivity contribution < 1.29 is 22.4 Å². The number of benzene rings is 2. The lowest BCUT2D eigenvalue weighted by Crippen LogP contribution is -2.43. The minimum absolute atomic E-state index is 0.0103. The van der Waals surface area contributed by atoms with E-state index in [1.807, 2.05) is 0 Å². The van der Waals surface area contributed by atoms with Crippen LogP contribution in [0.2, 0.25) is 0 Å². The molecule has 0 unspecified atom stereocenters. The molecule has 2 amide bonds. The van der Waals surface area contributed by atoms with Gasteiger partial charge in [-0.15, -0.1) is 6.58 Å². The minimum Gasteiger partial charge on any atom is -0.349 e. The fourth-order valence-electron chi connectivity index (χ4n) is 3.42. The van der Waals surface area contributed by atoms with Gasteiger partial charge in [-0.3, -0.25) is 9.59 Å². The van der Waals surface area contributed by atoms with E-state index >= 15 is 0 Å². The van der Waals surface area contributed by atoms with E-state index in [1.165, 1.54) is 16.4 Å². The van der Waals surface area contributed by atoms with E-state index in [1.54, 1.807) is 30.3 Å². The van der Waals surface area contributed by atoms with Crippen LogP contribution in [0.5, 0.6) is 0 Å². The van der Waals surface area contributed by atoms with E-state index in [0.29, 0.717) is 30.6 Å². The van der Waals surface area contributed by atoms with E-state index in [-0.39, 0.29) is 29.8 Å². The summed E-state index contributed by atoms with van der Waals surface area (Å²) in [6, 6.07) is 11.2. The molecule has 0 saturated carbocycles. The Morgan fingerprint density at radius 1 is 1.16 bits per heavy atom. The van der Waals surface area contributed by atoms with Crippen LogP contribution in [0.1, 0.15) is 23.2 Å². The monoisotopic (exact) mass is 445 g/mol. The number of hydrogen-bond donors (Lipinski definition) is 2. The molecule has 31 heavy (non-hydrogen) atoms. The first-order valence-electron chi connectivity index (χ1n) is 9.87. The summed E-state index contributed by atoms with van der Waals surface area (Å²) < 4.78 is 40.2. The molecule has 0 bridgehead atoms. The molecule has 7 nitrogen and oxygen atoms in total. The summed E-state index contributed by atoms with van der Waals surface area (Å²) >= 11 is 0. The summed E-state index contributed by atoms with van der Waals surface area (Å²) in [6.07, 6.45) is 2.59. The molecule has 2 aromatic rings. The Labute approximate surface area is 181 Å². The van der Waals surface area contributed by atoms with Gasteiger partial charge in [0.1, 0.15) is 5.82 Å². The Hall–Kier alpha value is -3.04. The molecule has 0 radical (unpaired) electrons.